The number of rotatable bonds is 8. The maximum absolute atomic E-state index is 7.35. The Morgan fingerprint density at radius 2 is 1.20 bits per heavy atom. The van der Waals surface area contributed by atoms with Crippen LogP contribution in [-0.4, -0.2) is 38.7 Å². The number of unbranched alkanes of at least 4 members (excludes halogenated alkanes) is 2. The third-order valence-electron chi connectivity index (χ3n) is 11.0. The molecular formula is C40H60N2O2+2. The summed E-state index contributed by atoms with van der Waals surface area (Å²) in [7, 11) is 0. The van der Waals surface area contributed by atoms with Crippen molar-refractivity contribution >= 4 is 12.4 Å². The van der Waals surface area contributed by atoms with Crippen LogP contribution in [0.25, 0.3) is 0 Å². The fourth-order valence-corrected chi connectivity index (χ4v) is 7.35. The molecule has 2 aromatic carbocycles. The van der Waals surface area contributed by atoms with Gasteiger partial charge in [0.2, 0.25) is 11.1 Å². The van der Waals surface area contributed by atoms with Crippen molar-refractivity contribution < 1.29 is 18.6 Å². The lowest BCUT2D eigenvalue weighted by molar-refractivity contribution is -0.875. The van der Waals surface area contributed by atoms with Gasteiger partial charge in [-0.05, 0) is 64.8 Å². The monoisotopic (exact) mass is 600 g/mol. The quantitative estimate of drug-likeness (QED) is 0.282. The number of hydrogen-bond acceptors (Lipinski definition) is 2. The normalized spacial score (nSPS) is 21.4. The average molecular weight is 601 g/mol. The van der Waals surface area contributed by atoms with Gasteiger partial charge in [-0.2, -0.15) is 0 Å². The van der Waals surface area contributed by atoms with Crippen LogP contribution in [0.3, 0.4) is 0 Å². The first-order valence-electron chi connectivity index (χ1n) is 17.4. The Kier molecular flexibility index (Phi) is 8.21. The van der Waals surface area contributed by atoms with E-state index in [0.717, 1.165) is 23.5 Å². The Bertz CT molecular complexity index is 1490. The van der Waals surface area contributed by atoms with E-state index < -0.39 is 6.03 Å². The lowest BCUT2D eigenvalue weighted by Crippen LogP contribution is -2.61. The molecule has 1 atom stereocenters. The van der Waals surface area contributed by atoms with Gasteiger partial charge in [0.15, 0.2) is 23.9 Å². The molecule has 240 valence electrons. The van der Waals surface area contributed by atoms with Gasteiger partial charge in [0.05, 0.1) is 11.1 Å². The molecule has 3 heterocycles. The molecule has 0 aromatic heterocycles. The highest BCUT2D eigenvalue weighted by Gasteiger charge is 2.83. The predicted molar refractivity (Wildman–Crippen MR) is 184 cm³/mol. The Hall–Kier alpha value is -2.62. The van der Waals surface area contributed by atoms with Crippen LogP contribution in [0.1, 0.15) is 168 Å². The first-order valence-corrected chi connectivity index (χ1v) is 17.4. The third-order valence-corrected chi connectivity index (χ3v) is 11.0. The molecule has 3 aliphatic heterocycles. The van der Waals surface area contributed by atoms with Crippen molar-refractivity contribution in [1.29, 1.82) is 0 Å². The van der Waals surface area contributed by atoms with Gasteiger partial charge in [-0.15, -0.1) is 0 Å². The van der Waals surface area contributed by atoms with E-state index in [4.69, 9.17) is 9.47 Å². The minimum atomic E-state index is -1.11. The number of hydrogen-bond donors (Lipinski definition) is 0. The first kappa shape index (κ1) is 32.8. The number of aryl methyl sites for hydroxylation is 1. The van der Waals surface area contributed by atoms with E-state index in [1.807, 2.05) is 0 Å². The van der Waals surface area contributed by atoms with Crippen molar-refractivity contribution in [2.75, 3.05) is 0 Å². The van der Waals surface area contributed by atoms with Crippen LogP contribution in [0, 0.1) is 0 Å². The van der Waals surface area contributed by atoms with E-state index in [2.05, 4.69) is 136 Å². The van der Waals surface area contributed by atoms with Crippen molar-refractivity contribution in [2.24, 2.45) is 0 Å². The summed E-state index contributed by atoms with van der Waals surface area (Å²) in [6.07, 6.45) is 13.1. The zero-order chi connectivity index (χ0) is 32.5. The van der Waals surface area contributed by atoms with Gasteiger partial charge in [-0.1, -0.05) is 109 Å². The van der Waals surface area contributed by atoms with Gasteiger partial charge in [0.25, 0.3) is 0 Å². The molecule has 1 fully saturated rings. The molecule has 2 aromatic rings. The smallest absolute Gasteiger partial charge is 0.340 e. The van der Waals surface area contributed by atoms with Gasteiger partial charge in [-0.3, -0.25) is 0 Å². The van der Waals surface area contributed by atoms with Gasteiger partial charge >= 0.3 is 6.03 Å². The number of nitrogens with zero attached hydrogens (tertiary/aromatic N) is 2. The largest absolute Gasteiger partial charge is 0.705 e. The van der Waals surface area contributed by atoms with Crippen LogP contribution in [0.4, 0.5) is 0 Å². The molecule has 1 spiro atoms. The molecule has 3 aliphatic rings. The highest BCUT2D eigenvalue weighted by molar-refractivity contribution is 5.85. The summed E-state index contributed by atoms with van der Waals surface area (Å²) in [6, 6.07) is 8.47. The number of benzene rings is 2. The lowest BCUT2D eigenvalue weighted by Gasteiger charge is -2.34. The van der Waals surface area contributed by atoms with Crippen LogP contribution >= 0.6 is 0 Å². The lowest BCUT2D eigenvalue weighted by atomic mass is 9.78. The fourth-order valence-electron chi connectivity index (χ4n) is 7.35. The van der Waals surface area contributed by atoms with Crippen molar-refractivity contribution in [3.8, 4) is 11.5 Å². The summed E-state index contributed by atoms with van der Waals surface area (Å²) in [4.78, 5) is 0. The molecule has 0 aliphatic carbocycles. The summed E-state index contributed by atoms with van der Waals surface area (Å²) in [6.45, 7) is 29.9. The number of ether oxygens (including phenoxy) is 2. The topological polar surface area (TPSA) is 24.5 Å². The number of fused-ring (bicyclic) bond motifs is 2. The molecule has 0 radical (unpaired) electrons. The first-order chi connectivity index (χ1) is 20.4. The van der Waals surface area contributed by atoms with Gasteiger partial charge < -0.3 is 9.47 Å². The van der Waals surface area contributed by atoms with Crippen LogP contribution in [-0.2, 0) is 17.3 Å². The Morgan fingerprint density at radius 1 is 0.682 bits per heavy atom. The summed E-state index contributed by atoms with van der Waals surface area (Å²) >= 11 is 0. The zero-order valence-electron chi connectivity index (χ0n) is 30.2. The second-order valence-electron chi connectivity index (χ2n) is 16.7. The summed E-state index contributed by atoms with van der Waals surface area (Å²) in [5, 5.41) is 0. The molecule has 0 saturated carbocycles. The standard InChI is InChI=1S/C40H60N2O2/c1-14-17-19-28(20-18-15-2)29-21-27(16-3)34-30(22-29)25-41-38(10,11)39(12,13)42-26-31-23-32(36(4,5)6)24-33(37(7,8)9)35(31)44-40(41,42)43-34/h21-26,28H,14-20H2,1-13H3/q+2. The van der Waals surface area contributed by atoms with Crippen LogP contribution in [0.5, 0.6) is 11.5 Å². The molecule has 5 rings (SSSR count). The van der Waals surface area contributed by atoms with Crippen LogP contribution in [0.2, 0.25) is 0 Å². The second kappa shape index (κ2) is 11.0. The highest BCUT2D eigenvalue weighted by Crippen LogP contribution is 2.52. The Balaban J connectivity index is 1.74. The summed E-state index contributed by atoms with van der Waals surface area (Å²) in [5.74, 6) is 2.49. The SMILES string of the molecule is CCCCC(CCCC)c1cc2c(c(CC)c1)OC13Oc4c(cc(C(C)(C)C)cc4C(C)(C)C)C=[N+]1C(C)(C)C(C)(C)[N+]3=C2. The summed E-state index contributed by atoms with van der Waals surface area (Å²) < 4.78 is 19.4. The Labute approximate surface area is 268 Å². The molecule has 44 heavy (non-hydrogen) atoms. The fraction of sp³-hybridized carbons (Fsp3) is 0.650. The maximum Gasteiger partial charge on any atom is 0.705 e. The molecule has 4 heteroatoms. The minimum absolute atomic E-state index is 0.0255. The van der Waals surface area contributed by atoms with E-state index in [9.17, 15) is 0 Å². The molecular weight excluding hydrogens is 540 g/mol. The molecule has 0 N–H and O–H groups in total. The molecule has 1 saturated heterocycles. The van der Waals surface area contributed by atoms with Crippen molar-refractivity contribution in [3.63, 3.8) is 0 Å². The minimum Gasteiger partial charge on any atom is -0.340 e. The van der Waals surface area contributed by atoms with E-state index >= 15 is 0 Å². The molecule has 4 nitrogen and oxygen atoms in total. The van der Waals surface area contributed by atoms with Gasteiger partial charge in [0.1, 0.15) is 0 Å². The highest BCUT2D eigenvalue weighted by atomic mass is 16.7. The van der Waals surface area contributed by atoms with Crippen LogP contribution in [0.15, 0.2) is 24.3 Å². The predicted octanol–water partition coefficient (Wildman–Crippen LogP) is 9.84. The van der Waals surface area contributed by atoms with Crippen molar-refractivity contribution in [3.05, 3.63) is 57.6 Å². The van der Waals surface area contributed by atoms with E-state index in [0.29, 0.717) is 5.92 Å². The average Bonchev–Trinajstić information content (AvgIpc) is 3.06. The third kappa shape index (κ3) is 5.13. The molecule has 1 unspecified atom stereocenters. The van der Waals surface area contributed by atoms with Gasteiger partial charge in [-0.25, -0.2) is 0 Å². The van der Waals surface area contributed by atoms with E-state index in [1.165, 1.54) is 66.3 Å². The van der Waals surface area contributed by atoms with Crippen LogP contribution < -0.4 is 9.47 Å². The molecule has 0 amide bonds. The van der Waals surface area contributed by atoms with E-state index in [1.54, 1.807) is 0 Å². The van der Waals surface area contributed by atoms with Gasteiger partial charge in [0, 0.05) is 33.3 Å². The maximum atomic E-state index is 7.35. The van der Waals surface area contributed by atoms with E-state index in [-0.39, 0.29) is 21.9 Å². The molecule has 0 bridgehead atoms. The van der Waals surface area contributed by atoms with Crippen molar-refractivity contribution in [1.82, 2.24) is 0 Å². The summed E-state index contributed by atoms with van der Waals surface area (Å²) in [5.41, 5.74) is 6.96. The zero-order valence-corrected chi connectivity index (χ0v) is 30.2. The second-order valence-corrected chi connectivity index (χ2v) is 16.7. The van der Waals surface area contributed by atoms with Crippen molar-refractivity contribution in [2.45, 2.75) is 169 Å². The Morgan fingerprint density at radius 3 is 1.68 bits per heavy atom.